The molecule has 2 aromatic rings. The van der Waals surface area contributed by atoms with E-state index in [0.29, 0.717) is 18.5 Å². The summed E-state index contributed by atoms with van der Waals surface area (Å²) in [4.78, 5) is 39.3. The Bertz CT molecular complexity index is 892. The lowest BCUT2D eigenvalue weighted by Gasteiger charge is -2.18. The van der Waals surface area contributed by atoms with Crippen LogP contribution in [-0.2, 0) is 9.59 Å². The number of rotatable bonds is 10. The number of aryl methyl sites for hydroxylation is 1. The number of amides is 3. The lowest BCUT2D eigenvalue weighted by molar-refractivity contribution is -0.137. The van der Waals surface area contributed by atoms with Gasteiger partial charge in [-0.05, 0) is 55.2 Å². The molecule has 1 aromatic heterocycles. The number of unbranched alkanes of at least 4 members (excludes halogenated alkanes) is 1. The van der Waals surface area contributed by atoms with Gasteiger partial charge in [-0.2, -0.15) is 0 Å². The van der Waals surface area contributed by atoms with Gasteiger partial charge in [0.2, 0.25) is 5.91 Å². The number of carbonyl (C=O) groups excluding carboxylic acids is 2. The molecule has 10 heteroatoms. The molecule has 1 atom stereocenters. The average Bonchev–Trinajstić information content (AvgIpc) is 2.72. The first-order valence-electron chi connectivity index (χ1n) is 9.82. The second-order valence-corrected chi connectivity index (χ2v) is 7.87. The van der Waals surface area contributed by atoms with Crippen LogP contribution in [0, 0.1) is 6.92 Å². The van der Waals surface area contributed by atoms with Crippen molar-refractivity contribution in [3.8, 4) is 0 Å². The average molecular weight is 492 g/mol. The Kier molecular flexibility index (Phi) is 9.76. The zero-order valence-electron chi connectivity index (χ0n) is 17.2. The number of hydrazine groups is 1. The van der Waals surface area contributed by atoms with E-state index in [-0.39, 0.29) is 18.7 Å². The maximum atomic E-state index is 12.1. The van der Waals surface area contributed by atoms with Crippen molar-refractivity contribution in [1.29, 1.82) is 0 Å². The Balaban J connectivity index is 1.68. The smallest absolute Gasteiger partial charge is 0.333 e. The van der Waals surface area contributed by atoms with Crippen molar-refractivity contribution in [3.63, 3.8) is 0 Å². The quantitative estimate of drug-likeness (QED) is 0.256. The van der Waals surface area contributed by atoms with Crippen LogP contribution in [-0.4, -0.2) is 34.5 Å². The van der Waals surface area contributed by atoms with Crippen molar-refractivity contribution in [2.24, 2.45) is 0 Å². The van der Waals surface area contributed by atoms with E-state index in [2.05, 4.69) is 42.4 Å². The molecule has 1 heterocycles. The number of benzene rings is 1. The number of carbonyl (C=O) groups is 3. The molecule has 0 saturated heterocycles. The van der Waals surface area contributed by atoms with Crippen LogP contribution in [0.1, 0.15) is 42.9 Å². The number of aromatic nitrogens is 1. The summed E-state index contributed by atoms with van der Waals surface area (Å²) < 4.78 is 0.840. The van der Waals surface area contributed by atoms with E-state index in [1.807, 2.05) is 19.1 Å². The van der Waals surface area contributed by atoms with E-state index in [1.54, 1.807) is 30.5 Å². The molecule has 2 rings (SSSR count). The second kappa shape index (κ2) is 12.5. The number of hydrogen-bond acceptors (Lipinski definition) is 5. The highest BCUT2D eigenvalue weighted by molar-refractivity contribution is 9.10. The van der Waals surface area contributed by atoms with Crippen LogP contribution in [0.2, 0.25) is 0 Å². The standard InChI is InChI=1S/C21H26BrN5O4/c1-14-9-11-24-18(12-14)23-10-3-2-4-19(28)26-27-21(31)25-17(13-20(29)30)15-5-7-16(22)8-6-15/h5-9,11-12,17H,2-4,10,13H2,1H3,(H,23,24)(H,26,28)(H,29,30)(H2,25,27,31). The number of aliphatic carboxylic acids is 1. The van der Waals surface area contributed by atoms with Gasteiger partial charge in [-0.25, -0.2) is 15.2 Å². The van der Waals surface area contributed by atoms with E-state index in [4.69, 9.17) is 5.11 Å². The largest absolute Gasteiger partial charge is 0.481 e. The number of pyridine rings is 1. The van der Waals surface area contributed by atoms with Gasteiger partial charge < -0.3 is 15.7 Å². The van der Waals surface area contributed by atoms with Crippen LogP contribution in [0.5, 0.6) is 0 Å². The van der Waals surface area contributed by atoms with Gasteiger partial charge in [-0.1, -0.05) is 28.1 Å². The highest BCUT2D eigenvalue weighted by atomic mass is 79.9. The molecule has 0 aliphatic rings. The molecule has 5 N–H and O–H groups in total. The summed E-state index contributed by atoms with van der Waals surface area (Å²) in [5.74, 6) is -0.585. The van der Waals surface area contributed by atoms with Gasteiger partial charge in [0.05, 0.1) is 12.5 Å². The van der Waals surface area contributed by atoms with Gasteiger partial charge in [0.25, 0.3) is 0 Å². The third-order valence-electron chi connectivity index (χ3n) is 4.32. The number of halogens is 1. The van der Waals surface area contributed by atoms with Crippen LogP contribution in [0.4, 0.5) is 10.6 Å². The Labute approximate surface area is 189 Å². The number of hydrogen-bond donors (Lipinski definition) is 5. The van der Waals surface area contributed by atoms with E-state index in [9.17, 15) is 14.4 Å². The molecule has 166 valence electrons. The fourth-order valence-corrected chi connectivity index (χ4v) is 3.03. The Morgan fingerprint density at radius 2 is 1.84 bits per heavy atom. The fraction of sp³-hybridized carbons (Fsp3) is 0.333. The molecule has 0 bridgehead atoms. The van der Waals surface area contributed by atoms with Gasteiger partial charge in [-0.3, -0.25) is 15.0 Å². The van der Waals surface area contributed by atoms with E-state index in [1.165, 1.54) is 0 Å². The minimum absolute atomic E-state index is 0.245. The summed E-state index contributed by atoms with van der Waals surface area (Å²) in [7, 11) is 0. The van der Waals surface area contributed by atoms with Gasteiger partial charge >= 0.3 is 12.0 Å². The number of anilines is 1. The first kappa shape index (κ1) is 24.1. The zero-order chi connectivity index (χ0) is 22.6. The molecule has 0 saturated carbocycles. The molecular weight excluding hydrogens is 466 g/mol. The molecular formula is C21H26BrN5O4. The molecule has 3 amide bonds. The summed E-state index contributed by atoms with van der Waals surface area (Å²) in [5, 5.41) is 14.9. The molecule has 0 aliphatic heterocycles. The molecule has 0 radical (unpaired) electrons. The summed E-state index contributed by atoms with van der Waals surface area (Å²) in [6.45, 7) is 2.67. The normalized spacial score (nSPS) is 11.3. The maximum Gasteiger partial charge on any atom is 0.333 e. The zero-order valence-corrected chi connectivity index (χ0v) is 18.7. The monoisotopic (exact) mass is 491 g/mol. The molecule has 0 aliphatic carbocycles. The predicted molar refractivity (Wildman–Crippen MR) is 120 cm³/mol. The van der Waals surface area contributed by atoms with Gasteiger partial charge in [0.1, 0.15) is 5.82 Å². The topological polar surface area (TPSA) is 132 Å². The molecule has 31 heavy (non-hydrogen) atoms. The Morgan fingerprint density at radius 1 is 1.10 bits per heavy atom. The van der Waals surface area contributed by atoms with Crippen LogP contribution in [0.25, 0.3) is 0 Å². The fourth-order valence-electron chi connectivity index (χ4n) is 2.77. The number of urea groups is 1. The Morgan fingerprint density at radius 3 is 2.52 bits per heavy atom. The van der Waals surface area contributed by atoms with Crippen molar-refractivity contribution in [2.75, 3.05) is 11.9 Å². The SMILES string of the molecule is Cc1ccnc(NCCCCC(=O)NNC(=O)NC(CC(=O)O)c2ccc(Br)cc2)c1. The molecule has 1 aromatic carbocycles. The molecule has 0 spiro atoms. The van der Waals surface area contributed by atoms with Crippen LogP contribution in [0.3, 0.4) is 0 Å². The summed E-state index contributed by atoms with van der Waals surface area (Å²) in [5.41, 5.74) is 6.35. The second-order valence-electron chi connectivity index (χ2n) is 6.95. The molecule has 0 fully saturated rings. The van der Waals surface area contributed by atoms with Crippen molar-refractivity contribution in [3.05, 3.63) is 58.2 Å². The third kappa shape index (κ3) is 9.47. The number of carboxylic acid groups (broad SMARTS) is 1. The lowest BCUT2D eigenvalue weighted by Crippen LogP contribution is -2.48. The maximum absolute atomic E-state index is 12.1. The Hall–Kier alpha value is -3.14. The van der Waals surface area contributed by atoms with Crippen LogP contribution in [0.15, 0.2) is 47.1 Å². The summed E-state index contributed by atoms with van der Waals surface area (Å²) in [6, 6.07) is 9.40. The highest BCUT2D eigenvalue weighted by Crippen LogP contribution is 2.19. The molecule has 9 nitrogen and oxygen atoms in total. The first-order valence-corrected chi connectivity index (χ1v) is 10.6. The van der Waals surface area contributed by atoms with Crippen molar-refractivity contribution >= 4 is 39.7 Å². The van der Waals surface area contributed by atoms with E-state index < -0.39 is 18.0 Å². The lowest BCUT2D eigenvalue weighted by atomic mass is 10.0. The first-order chi connectivity index (χ1) is 14.8. The number of nitrogens with one attached hydrogen (secondary N) is 4. The third-order valence-corrected chi connectivity index (χ3v) is 4.85. The van der Waals surface area contributed by atoms with Crippen molar-refractivity contribution in [1.82, 2.24) is 21.2 Å². The van der Waals surface area contributed by atoms with Crippen LogP contribution >= 0.6 is 15.9 Å². The van der Waals surface area contributed by atoms with Gasteiger partial charge in [0, 0.05) is 23.6 Å². The minimum Gasteiger partial charge on any atom is -0.481 e. The van der Waals surface area contributed by atoms with Gasteiger partial charge in [-0.15, -0.1) is 0 Å². The number of carboxylic acids is 1. The van der Waals surface area contributed by atoms with Crippen LogP contribution < -0.4 is 21.5 Å². The van der Waals surface area contributed by atoms with Crippen molar-refractivity contribution < 1.29 is 19.5 Å². The van der Waals surface area contributed by atoms with Gasteiger partial charge in [0.15, 0.2) is 0 Å². The van der Waals surface area contributed by atoms with E-state index in [0.717, 1.165) is 22.3 Å². The summed E-state index contributed by atoms with van der Waals surface area (Å²) >= 11 is 3.31. The van der Waals surface area contributed by atoms with E-state index >= 15 is 0 Å². The predicted octanol–water partition coefficient (Wildman–Crippen LogP) is 3.28. The van der Waals surface area contributed by atoms with Crippen molar-refractivity contribution in [2.45, 2.75) is 38.6 Å². The molecule has 1 unspecified atom stereocenters. The minimum atomic E-state index is -1.05. The highest BCUT2D eigenvalue weighted by Gasteiger charge is 2.18. The summed E-state index contributed by atoms with van der Waals surface area (Å²) in [6.07, 6.45) is 3.09. The number of nitrogens with zero attached hydrogens (tertiary/aromatic N) is 1.